The molecular weight excluding hydrogens is 204 g/mol. The second kappa shape index (κ2) is 3.45. The molecule has 0 aromatic carbocycles. The summed E-state index contributed by atoms with van der Waals surface area (Å²) in [6.45, 7) is 1.03. The van der Waals surface area contributed by atoms with Gasteiger partial charge in [-0.15, -0.1) is 0 Å². The molecule has 5 heteroatoms. The quantitative estimate of drug-likeness (QED) is 0.800. The fourth-order valence-electron chi connectivity index (χ4n) is 1.83. The lowest BCUT2D eigenvalue weighted by Gasteiger charge is -2.13. The van der Waals surface area contributed by atoms with Crippen molar-refractivity contribution >= 4 is 11.3 Å². The number of nitrogens with zero attached hydrogens (tertiary/aromatic N) is 3. The molecule has 1 aliphatic carbocycles. The average Bonchev–Trinajstić information content (AvgIpc) is 2.94. The molecule has 1 fully saturated rings. The lowest BCUT2D eigenvalue weighted by molar-refractivity contribution is 0.219. The number of rotatable bonds is 4. The van der Waals surface area contributed by atoms with Crippen LogP contribution in [0.4, 0.5) is 5.82 Å². The molecule has 0 bridgehead atoms. The van der Waals surface area contributed by atoms with Crippen LogP contribution in [0.2, 0.25) is 0 Å². The molecule has 0 saturated heterocycles. The topological polar surface area (TPSA) is 62.5 Å². The number of aromatic nitrogens is 3. The summed E-state index contributed by atoms with van der Waals surface area (Å²) in [7, 11) is 0. The van der Waals surface area contributed by atoms with E-state index in [1.807, 2.05) is 12.3 Å². The number of fused-ring (bicyclic) bond motifs is 1. The maximum atomic E-state index is 9.23. The lowest BCUT2D eigenvalue weighted by atomic mass is 10.1. The van der Waals surface area contributed by atoms with Gasteiger partial charge in [0, 0.05) is 24.4 Å². The Hall–Kier alpha value is -1.62. The SMILES string of the molecule is OCC1(CNc2nccn3nccc23)CC1. The van der Waals surface area contributed by atoms with Crippen molar-refractivity contribution in [2.24, 2.45) is 5.41 Å². The van der Waals surface area contributed by atoms with Crippen molar-refractivity contribution in [3.05, 3.63) is 24.7 Å². The molecule has 0 amide bonds. The van der Waals surface area contributed by atoms with Gasteiger partial charge in [0.25, 0.3) is 0 Å². The van der Waals surface area contributed by atoms with Crippen LogP contribution in [-0.2, 0) is 0 Å². The normalized spacial score (nSPS) is 17.6. The maximum Gasteiger partial charge on any atom is 0.152 e. The molecule has 1 aliphatic rings. The smallest absolute Gasteiger partial charge is 0.152 e. The van der Waals surface area contributed by atoms with Crippen LogP contribution in [-0.4, -0.2) is 32.9 Å². The number of anilines is 1. The van der Waals surface area contributed by atoms with E-state index in [0.717, 1.165) is 30.7 Å². The van der Waals surface area contributed by atoms with E-state index in [0.29, 0.717) is 0 Å². The van der Waals surface area contributed by atoms with E-state index >= 15 is 0 Å². The van der Waals surface area contributed by atoms with E-state index in [9.17, 15) is 5.11 Å². The first-order valence-corrected chi connectivity index (χ1v) is 5.46. The van der Waals surface area contributed by atoms with E-state index in [2.05, 4.69) is 15.4 Å². The van der Waals surface area contributed by atoms with Crippen LogP contribution < -0.4 is 5.32 Å². The molecule has 2 N–H and O–H groups in total. The summed E-state index contributed by atoms with van der Waals surface area (Å²) in [6, 6.07) is 1.92. The zero-order chi connectivity index (χ0) is 11.0. The Morgan fingerprint density at radius 2 is 2.31 bits per heavy atom. The van der Waals surface area contributed by atoms with Crippen molar-refractivity contribution in [2.45, 2.75) is 12.8 Å². The maximum absolute atomic E-state index is 9.23. The van der Waals surface area contributed by atoms with Crippen LogP contribution in [0.15, 0.2) is 24.7 Å². The zero-order valence-electron chi connectivity index (χ0n) is 8.93. The van der Waals surface area contributed by atoms with Crippen LogP contribution in [0.3, 0.4) is 0 Å². The molecule has 0 unspecified atom stereocenters. The number of aliphatic hydroxyl groups excluding tert-OH is 1. The summed E-state index contributed by atoms with van der Waals surface area (Å²) >= 11 is 0. The monoisotopic (exact) mass is 218 g/mol. The van der Waals surface area contributed by atoms with Crippen LogP contribution in [0.5, 0.6) is 0 Å². The Balaban J connectivity index is 1.81. The highest BCUT2D eigenvalue weighted by molar-refractivity contribution is 5.66. The predicted molar refractivity (Wildman–Crippen MR) is 60.2 cm³/mol. The molecule has 2 heterocycles. The van der Waals surface area contributed by atoms with Crippen molar-refractivity contribution in [3.8, 4) is 0 Å². The summed E-state index contributed by atoms with van der Waals surface area (Å²) in [5.41, 5.74) is 1.06. The average molecular weight is 218 g/mol. The predicted octanol–water partition coefficient (Wildman–Crippen LogP) is 0.914. The number of aliphatic hydroxyl groups is 1. The van der Waals surface area contributed by atoms with Gasteiger partial charge in [0.1, 0.15) is 5.52 Å². The Morgan fingerprint density at radius 3 is 3.06 bits per heavy atom. The second-order valence-electron chi connectivity index (χ2n) is 4.45. The van der Waals surface area contributed by atoms with Crippen molar-refractivity contribution in [2.75, 3.05) is 18.5 Å². The van der Waals surface area contributed by atoms with Crippen molar-refractivity contribution in [1.82, 2.24) is 14.6 Å². The van der Waals surface area contributed by atoms with Gasteiger partial charge in [0.15, 0.2) is 5.82 Å². The van der Waals surface area contributed by atoms with E-state index in [4.69, 9.17) is 0 Å². The lowest BCUT2D eigenvalue weighted by Crippen LogP contribution is -2.19. The minimum Gasteiger partial charge on any atom is -0.396 e. The molecule has 0 atom stereocenters. The first-order chi connectivity index (χ1) is 7.83. The van der Waals surface area contributed by atoms with E-state index in [-0.39, 0.29) is 12.0 Å². The van der Waals surface area contributed by atoms with Crippen LogP contribution >= 0.6 is 0 Å². The van der Waals surface area contributed by atoms with Crippen LogP contribution in [0.1, 0.15) is 12.8 Å². The number of nitrogens with one attached hydrogen (secondary N) is 1. The highest BCUT2D eigenvalue weighted by Crippen LogP contribution is 2.44. The van der Waals surface area contributed by atoms with Gasteiger partial charge in [-0.3, -0.25) is 0 Å². The van der Waals surface area contributed by atoms with Crippen molar-refractivity contribution in [1.29, 1.82) is 0 Å². The Labute approximate surface area is 93.1 Å². The Kier molecular flexibility index (Phi) is 2.07. The van der Waals surface area contributed by atoms with Gasteiger partial charge in [0.05, 0.1) is 12.8 Å². The number of hydrogen-bond donors (Lipinski definition) is 2. The van der Waals surface area contributed by atoms with Gasteiger partial charge in [-0.25, -0.2) is 9.50 Å². The molecule has 2 aromatic heterocycles. The molecule has 3 rings (SSSR count). The molecule has 0 aliphatic heterocycles. The van der Waals surface area contributed by atoms with E-state index in [1.54, 1.807) is 16.9 Å². The largest absolute Gasteiger partial charge is 0.396 e. The highest BCUT2D eigenvalue weighted by atomic mass is 16.3. The van der Waals surface area contributed by atoms with Gasteiger partial charge in [-0.05, 0) is 18.9 Å². The molecule has 84 valence electrons. The second-order valence-corrected chi connectivity index (χ2v) is 4.45. The van der Waals surface area contributed by atoms with E-state index < -0.39 is 0 Å². The minimum atomic E-state index is 0.0918. The standard InChI is InChI=1S/C11H14N4O/c16-8-11(2-3-11)7-13-10-9-1-4-14-15(9)6-5-12-10/h1,4-6,16H,2-3,7-8H2,(H,12,13). The third-order valence-electron chi connectivity index (χ3n) is 3.25. The van der Waals surface area contributed by atoms with Gasteiger partial charge < -0.3 is 10.4 Å². The molecule has 16 heavy (non-hydrogen) atoms. The van der Waals surface area contributed by atoms with Crippen LogP contribution in [0.25, 0.3) is 5.52 Å². The molecule has 0 spiro atoms. The zero-order valence-corrected chi connectivity index (χ0v) is 8.93. The van der Waals surface area contributed by atoms with Gasteiger partial charge >= 0.3 is 0 Å². The Bertz CT molecular complexity index is 503. The molecule has 2 aromatic rings. The van der Waals surface area contributed by atoms with Crippen LogP contribution in [0, 0.1) is 5.41 Å². The van der Waals surface area contributed by atoms with Crippen molar-refractivity contribution in [3.63, 3.8) is 0 Å². The van der Waals surface area contributed by atoms with Crippen molar-refractivity contribution < 1.29 is 5.11 Å². The first kappa shape index (κ1) is 9.59. The first-order valence-electron chi connectivity index (χ1n) is 5.46. The van der Waals surface area contributed by atoms with Gasteiger partial charge in [-0.2, -0.15) is 5.10 Å². The van der Waals surface area contributed by atoms with E-state index in [1.165, 1.54) is 0 Å². The summed E-state index contributed by atoms with van der Waals surface area (Å²) in [4.78, 5) is 4.29. The highest BCUT2D eigenvalue weighted by Gasteiger charge is 2.41. The molecule has 0 radical (unpaired) electrons. The summed E-state index contributed by atoms with van der Waals surface area (Å²) in [5, 5.41) is 16.7. The molecule has 5 nitrogen and oxygen atoms in total. The number of hydrogen-bond acceptors (Lipinski definition) is 4. The summed E-state index contributed by atoms with van der Waals surface area (Å²) in [6.07, 6.45) is 7.49. The summed E-state index contributed by atoms with van der Waals surface area (Å²) in [5.74, 6) is 0.833. The van der Waals surface area contributed by atoms with Gasteiger partial charge in [-0.1, -0.05) is 0 Å². The molecule has 1 saturated carbocycles. The third kappa shape index (κ3) is 1.53. The minimum absolute atomic E-state index is 0.0918. The summed E-state index contributed by atoms with van der Waals surface area (Å²) < 4.78 is 1.79. The van der Waals surface area contributed by atoms with Gasteiger partial charge in [0.2, 0.25) is 0 Å². The third-order valence-corrected chi connectivity index (χ3v) is 3.25. The Morgan fingerprint density at radius 1 is 1.44 bits per heavy atom. The fourth-order valence-corrected chi connectivity index (χ4v) is 1.83. The molecular formula is C11H14N4O. The fraction of sp³-hybridized carbons (Fsp3) is 0.455.